The maximum Gasteiger partial charge on any atom is 0.231 e. The van der Waals surface area contributed by atoms with Gasteiger partial charge in [0.15, 0.2) is 11.0 Å². The summed E-state index contributed by atoms with van der Waals surface area (Å²) in [5.74, 6) is 1.10. The molecule has 1 saturated carbocycles. The number of aromatic nitrogens is 3. The molecule has 6 nitrogen and oxygen atoms in total. The van der Waals surface area contributed by atoms with Crippen molar-refractivity contribution in [2.24, 2.45) is 13.0 Å². The molecule has 1 atom stereocenters. The van der Waals surface area contributed by atoms with Crippen molar-refractivity contribution in [1.82, 2.24) is 20.1 Å². The molecule has 0 saturated heterocycles. The van der Waals surface area contributed by atoms with Crippen molar-refractivity contribution in [3.8, 4) is 17.5 Å². The first-order chi connectivity index (χ1) is 11.5. The van der Waals surface area contributed by atoms with Crippen LogP contribution in [0.2, 0.25) is 0 Å². The Bertz CT molecular complexity index is 778. The fourth-order valence-corrected chi connectivity index (χ4v) is 3.33. The molecule has 1 aromatic heterocycles. The second kappa shape index (κ2) is 6.65. The van der Waals surface area contributed by atoms with Crippen LogP contribution in [0, 0.1) is 17.2 Å². The molecule has 1 heterocycles. The van der Waals surface area contributed by atoms with Crippen molar-refractivity contribution in [2.75, 3.05) is 5.75 Å². The van der Waals surface area contributed by atoms with Crippen molar-refractivity contribution in [1.29, 1.82) is 5.26 Å². The highest BCUT2D eigenvalue weighted by Crippen LogP contribution is 2.39. The Morgan fingerprint density at radius 3 is 2.75 bits per heavy atom. The van der Waals surface area contributed by atoms with Crippen molar-refractivity contribution in [3.05, 3.63) is 30.3 Å². The molecule has 0 unspecified atom stereocenters. The van der Waals surface area contributed by atoms with E-state index in [0.29, 0.717) is 5.16 Å². The standard InChI is InChI=1S/C17H19N5OS/c1-17(11-18,13-8-9-13)19-14(23)10-24-16-21-20-15(22(16)2)12-6-4-3-5-7-12/h3-7,13H,8-10H2,1-2H3,(H,19,23)/t17-/m0/s1. The van der Waals surface area contributed by atoms with Crippen LogP contribution >= 0.6 is 11.8 Å². The Balaban J connectivity index is 1.62. The van der Waals surface area contributed by atoms with E-state index in [9.17, 15) is 10.1 Å². The molecule has 0 spiro atoms. The van der Waals surface area contributed by atoms with Gasteiger partial charge in [-0.25, -0.2) is 0 Å². The summed E-state index contributed by atoms with van der Waals surface area (Å²) in [6.45, 7) is 1.79. The molecular weight excluding hydrogens is 322 g/mol. The number of amides is 1. The lowest BCUT2D eigenvalue weighted by Crippen LogP contribution is -2.47. The minimum atomic E-state index is -0.757. The van der Waals surface area contributed by atoms with E-state index in [2.05, 4.69) is 21.6 Å². The molecule has 0 bridgehead atoms. The summed E-state index contributed by atoms with van der Waals surface area (Å²) in [4.78, 5) is 12.2. The number of carbonyl (C=O) groups excluding carboxylic acids is 1. The first-order valence-electron chi connectivity index (χ1n) is 7.83. The third-order valence-corrected chi connectivity index (χ3v) is 5.24. The highest BCUT2D eigenvalue weighted by atomic mass is 32.2. The zero-order chi connectivity index (χ0) is 17.2. The molecule has 1 aliphatic rings. The smallest absolute Gasteiger partial charge is 0.231 e. The Kier molecular flexibility index (Phi) is 4.58. The molecule has 0 radical (unpaired) electrons. The first-order valence-corrected chi connectivity index (χ1v) is 8.82. The number of carbonyl (C=O) groups is 1. The van der Waals surface area contributed by atoms with E-state index < -0.39 is 5.54 Å². The van der Waals surface area contributed by atoms with Crippen LogP contribution in [0.15, 0.2) is 35.5 Å². The maximum absolute atomic E-state index is 12.2. The fourth-order valence-electron chi connectivity index (χ4n) is 2.62. The van der Waals surface area contributed by atoms with Crippen LogP contribution in [0.1, 0.15) is 19.8 Å². The summed E-state index contributed by atoms with van der Waals surface area (Å²) < 4.78 is 1.87. The van der Waals surface area contributed by atoms with Crippen LogP contribution in [-0.4, -0.2) is 32.0 Å². The topological polar surface area (TPSA) is 83.6 Å². The summed E-state index contributed by atoms with van der Waals surface area (Å²) in [7, 11) is 1.88. The molecule has 124 valence electrons. The maximum atomic E-state index is 12.2. The quantitative estimate of drug-likeness (QED) is 0.816. The average molecular weight is 341 g/mol. The zero-order valence-corrected chi connectivity index (χ0v) is 14.5. The zero-order valence-electron chi connectivity index (χ0n) is 13.7. The van der Waals surface area contributed by atoms with Crippen LogP contribution in [-0.2, 0) is 11.8 Å². The number of nitrogens with one attached hydrogen (secondary N) is 1. The van der Waals surface area contributed by atoms with E-state index in [1.165, 1.54) is 11.8 Å². The number of hydrogen-bond acceptors (Lipinski definition) is 5. The number of nitrogens with zero attached hydrogens (tertiary/aromatic N) is 4. The summed E-state index contributed by atoms with van der Waals surface area (Å²) in [5, 5.41) is 21.2. The minimum absolute atomic E-state index is 0.153. The van der Waals surface area contributed by atoms with E-state index in [0.717, 1.165) is 24.2 Å². The predicted octanol–water partition coefficient (Wildman–Crippen LogP) is 2.38. The molecule has 0 aliphatic heterocycles. The van der Waals surface area contributed by atoms with Gasteiger partial charge in [-0.2, -0.15) is 5.26 Å². The van der Waals surface area contributed by atoms with Gasteiger partial charge in [-0.3, -0.25) is 4.79 Å². The molecule has 1 fully saturated rings. The molecule has 24 heavy (non-hydrogen) atoms. The summed E-state index contributed by atoms with van der Waals surface area (Å²) in [6.07, 6.45) is 2.00. The monoisotopic (exact) mass is 341 g/mol. The largest absolute Gasteiger partial charge is 0.337 e. The van der Waals surface area contributed by atoms with Crippen molar-refractivity contribution >= 4 is 17.7 Å². The third-order valence-electron chi connectivity index (χ3n) is 4.22. The second-order valence-electron chi connectivity index (χ2n) is 6.16. The van der Waals surface area contributed by atoms with E-state index in [-0.39, 0.29) is 17.6 Å². The number of nitriles is 1. The van der Waals surface area contributed by atoms with E-state index in [1.54, 1.807) is 6.92 Å². The van der Waals surface area contributed by atoms with Crippen LogP contribution in [0.25, 0.3) is 11.4 Å². The van der Waals surface area contributed by atoms with Crippen molar-refractivity contribution in [3.63, 3.8) is 0 Å². The molecule has 1 N–H and O–H groups in total. The molecule has 2 aromatic rings. The first kappa shape index (κ1) is 16.5. The van der Waals surface area contributed by atoms with Gasteiger partial charge >= 0.3 is 0 Å². The lowest BCUT2D eigenvalue weighted by molar-refractivity contribution is -0.119. The highest BCUT2D eigenvalue weighted by molar-refractivity contribution is 7.99. The van der Waals surface area contributed by atoms with E-state index in [1.807, 2.05) is 41.9 Å². The lowest BCUT2D eigenvalue weighted by atomic mass is 9.98. The van der Waals surface area contributed by atoms with Gasteiger partial charge in [-0.05, 0) is 25.7 Å². The van der Waals surface area contributed by atoms with Gasteiger partial charge in [-0.15, -0.1) is 10.2 Å². The van der Waals surface area contributed by atoms with Crippen LogP contribution < -0.4 is 5.32 Å². The molecular formula is C17H19N5OS. The van der Waals surface area contributed by atoms with Gasteiger partial charge < -0.3 is 9.88 Å². The normalized spacial score (nSPS) is 16.2. The van der Waals surface area contributed by atoms with Crippen molar-refractivity contribution < 1.29 is 4.79 Å². The Hall–Kier alpha value is -2.33. The molecule has 1 amide bonds. The molecule has 1 aliphatic carbocycles. The molecule has 1 aromatic carbocycles. The van der Waals surface area contributed by atoms with Gasteiger partial charge in [-0.1, -0.05) is 42.1 Å². The molecule has 3 rings (SSSR count). The summed E-state index contributed by atoms with van der Waals surface area (Å²) >= 11 is 1.32. The second-order valence-corrected chi connectivity index (χ2v) is 7.10. The number of hydrogen-bond donors (Lipinski definition) is 1. The minimum Gasteiger partial charge on any atom is -0.337 e. The van der Waals surface area contributed by atoms with Gasteiger partial charge in [0.05, 0.1) is 11.8 Å². The van der Waals surface area contributed by atoms with Crippen molar-refractivity contribution in [2.45, 2.75) is 30.5 Å². The van der Waals surface area contributed by atoms with E-state index in [4.69, 9.17) is 0 Å². The number of benzene rings is 1. The molecule has 7 heteroatoms. The SMILES string of the molecule is Cn1c(SCC(=O)N[C@@](C)(C#N)C2CC2)nnc1-c1ccccc1. The van der Waals surface area contributed by atoms with Crippen LogP contribution in [0.3, 0.4) is 0 Å². The van der Waals surface area contributed by atoms with Gasteiger partial charge in [0, 0.05) is 12.6 Å². The van der Waals surface area contributed by atoms with Gasteiger partial charge in [0.2, 0.25) is 5.91 Å². The summed E-state index contributed by atoms with van der Waals surface area (Å²) in [5.41, 5.74) is 0.224. The third kappa shape index (κ3) is 3.44. The van der Waals surface area contributed by atoms with Crippen LogP contribution in [0.4, 0.5) is 0 Å². The average Bonchev–Trinajstić information content (AvgIpc) is 3.38. The Morgan fingerprint density at radius 2 is 2.12 bits per heavy atom. The van der Waals surface area contributed by atoms with Gasteiger partial charge in [0.25, 0.3) is 0 Å². The predicted molar refractivity (Wildman–Crippen MR) is 92.0 cm³/mol. The lowest BCUT2D eigenvalue weighted by Gasteiger charge is -2.22. The Labute approximate surface area is 145 Å². The highest BCUT2D eigenvalue weighted by Gasteiger charge is 2.42. The number of thioether (sulfide) groups is 1. The fraction of sp³-hybridized carbons (Fsp3) is 0.412. The van der Waals surface area contributed by atoms with Gasteiger partial charge in [0.1, 0.15) is 5.54 Å². The van der Waals surface area contributed by atoms with Crippen LogP contribution in [0.5, 0.6) is 0 Å². The van der Waals surface area contributed by atoms with E-state index >= 15 is 0 Å². The number of rotatable bonds is 6. The Morgan fingerprint density at radius 1 is 1.42 bits per heavy atom. The summed E-state index contributed by atoms with van der Waals surface area (Å²) in [6, 6.07) is 12.0.